The Morgan fingerprint density at radius 2 is 1.38 bits per heavy atom. The second-order valence-corrected chi connectivity index (χ2v) is 13.7. The topological polar surface area (TPSA) is 85.9 Å². The first-order valence-electron chi connectivity index (χ1n) is 17.2. The fraction of sp³-hybridized carbons (Fsp3) is 0.743. The summed E-state index contributed by atoms with van der Waals surface area (Å²) in [7, 11) is 0. The van der Waals surface area contributed by atoms with Gasteiger partial charge >= 0.3 is 5.97 Å². The lowest BCUT2D eigenvalue weighted by atomic mass is 9.80. The zero-order valence-corrected chi connectivity index (χ0v) is 25.8. The number of nitrogens with zero attached hydrogens (tertiary/aromatic N) is 1. The van der Waals surface area contributed by atoms with E-state index in [1.54, 1.807) is 0 Å². The van der Waals surface area contributed by atoms with E-state index in [1.165, 1.54) is 89.2 Å². The van der Waals surface area contributed by atoms with Crippen molar-refractivity contribution >= 4 is 17.4 Å². The first kappa shape index (κ1) is 31.3. The van der Waals surface area contributed by atoms with Crippen LogP contribution >= 0.6 is 0 Å². The van der Waals surface area contributed by atoms with E-state index < -0.39 is 0 Å². The zero-order valence-electron chi connectivity index (χ0n) is 25.8. The SMILES string of the molecule is C=C(NO)c1ccc(N2CCC(CNCC3CCC(CN[C@H](C(=O)OC4CCCC4)C4CCCCC4)CC3)CC2)cc1. The molecule has 5 rings (SSSR count). The van der Waals surface area contributed by atoms with Crippen LogP contribution in [-0.2, 0) is 9.53 Å². The Labute approximate surface area is 254 Å². The molecule has 7 heteroatoms. The van der Waals surface area contributed by atoms with Crippen molar-refractivity contribution in [1.29, 1.82) is 0 Å². The molecule has 1 saturated heterocycles. The van der Waals surface area contributed by atoms with Gasteiger partial charge in [0.2, 0.25) is 0 Å². The van der Waals surface area contributed by atoms with Crippen molar-refractivity contribution in [2.45, 2.75) is 108 Å². The molecule has 3 aliphatic carbocycles. The summed E-state index contributed by atoms with van der Waals surface area (Å²) in [4.78, 5) is 15.7. The quantitative estimate of drug-likeness (QED) is 0.162. The maximum absolute atomic E-state index is 13.2. The average molecular weight is 581 g/mol. The Kier molecular flexibility index (Phi) is 12.0. The molecular weight excluding hydrogens is 524 g/mol. The van der Waals surface area contributed by atoms with Crippen molar-refractivity contribution in [3.63, 3.8) is 0 Å². The summed E-state index contributed by atoms with van der Waals surface area (Å²) in [5.41, 5.74) is 4.82. The molecule has 4 fully saturated rings. The minimum atomic E-state index is -0.0976. The standard InChI is InChI=1S/C35H56N4O3/c1-26(38-41)30-15-17-32(18-16-30)39-21-19-29(20-22-39)24-36-23-27-11-13-28(14-12-27)25-37-34(31-7-3-2-4-8-31)35(40)42-33-9-5-6-10-33/h15-18,27-29,31,33-34,36-38,41H,1-14,19-25H2/t27?,28?,34-/m0/s1. The monoisotopic (exact) mass is 580 g/mol. The van der Waals surface area contributed by atoms with Gasteiger partial charge in [0, 0.05) is 18.8 Å². The molecule has 0 unspecified atom stereocenters. The van der Waals surface area contributed by atoms with Crippen LogP contribution in [0.25, 0.3) is 5.70 Å². The number of piperidine rings is 1. The van der Waals surface area contributed by atoms with Crippen LogP contribution in [0.3, 0.4) is 0 Å². The number of ether oxygens (including phenoxy) is 1. The Bertz CT molecular complexity index is 957. The third-order valence-electron chi connectivity index (χ3n) is 10.7. The number of hydroxylamine groups is 1. The van der Waals surface area contributed by atoms with E-state index in [0.29, 0.717) is 17.5 Å². The van der Waals surface area contributed by atoms with Crippen molar-refractivity contribution in [1.82, 2.24) is 16.1 Å². The Hall–Kier alpha value is -2.09. The number of hydrogen-bond donors (Lipinski definition) is 4. The lowest BCUT2D eigenvalue weighted by molar-refractivity contribution is -0.153. The van der Waals surface area contributed by atoms with E-state index in [0.717, 1.165) is 63.0 Å². The molecule has 7 nitrogen and oxygen atoms in total. The van der Waals surface area contributed by atoms with E-state index >= 15 is 0 Å². The fourth-order valence-electron chi connectivity index (χ4n) is 7.91. The first-order chi connectivity index (χ1) is 20.6. The van der Waals surface area contributed by atoms with Crippen molar-refractivity contribution < 1.29 is 14.7 Å². The molecule has 234 valence electrons. The van der Waals surface area contributed by atoms with Crippen LogP contribution in [0.15, 0.2) is 30.8 Å². The van der Waals surface area contributed by atoms with Crippen LogP contribution < -0.4 is 21.0 Å². The number of carbonyl (C=O) groups excluding carboxylic acids is 1. The van der Waals surface area contributed by atoms with Crippen LogP contribution in [0.4, 0.5) is 5.69 Å². The highest BCUT2D eigenvalue weighted by Gasteiger charge is 2.33. The van der Waals surface area contributed by atoms with Gasteiger partial charge in [0.15, 0.2) is 0 Å². The molecule has 0 radical (unpaired) electrons. The maximum Gasteiger partial charge on any atom is 0.323 e. The van der Waals surface area contributed by atoms with Crippen LogP contribution in [-0.4, -0.2) is 56.0 Å². The second-order valence-electron chi connectivity index (χ2n) is 13.7. The van der Waals surface area contributed by atoms with Gasteiger partial charge in [-0.15, -0.1) is 0 Å². The number of esters is 1. The Morgan fingerprint density at radius 1 is 0.810 bits per heavy atom. The van der Waals surface area contributed by atoms with E-state index in [-0.39, 0.29) is 18.1 Å². The van der Waals surface area contributed by atoms with Crippen molar-refractivity contribution in [2.24, 2.45) is 23.7 Å². The van der Waals surface area contributed by atoms with Gasteiger partial charge in [-0.2, -0.15) is 0 Å². The molecular formula is C35H56N4O3. The molecule has 4 aliphatic rings. The number of benzene rings is 1. The highest BCUT2D eigenvalue weighted by atomic mass is 16.5. The van der Waals surface area contributed by atoms with Gasteiger partial charge in [-0.1, -0.05) is 38.0 Å². The predicted molar refractivity (Wildman–Crippen MR) is 170 cm³/mol. The average Bonchev–Trinajstić information content (AvgIpc) is 3.55. The number of nitrogens with one attached hydrogen (secondary N) is 3. The summed E-state index contributed by atoms with van der Waals surface area (Å²) < 4.78 is 6.00. The highest BCUT2D eigenvalue weighted by Crippen LogP contribution is 2.31. The minimum Gasteiger partial charge on any atom is -0.461 e. The number of anilines is 1. The molecule has 0 aromatic heterocycles. The van der Waals surface area contributed by atoms with E-state index in [9.17, 15) is 4.79 Å². The summed E-state index contributed by atoms with van der Waals surface area (Å²) in [6, 6.07) is 8.18. The molecule has 42 heavy (non-hydrogen) atoms. The number of carbonyl (C=O) groups is 1. The fourth-order valence-corrected chi connectivity index (χ4v) is 7.91. The Morgan fingerprint density at radius 3 is 2.00 bits per heavy atom. The largest absolute Gasteiger partial charge is 0.461 e. The van der Waals surface area contributed by atoms with Crippen molar-refractivity contribution in [2.75, 3.05) is 37.6 Å². The highest BCUT2D eigenvalue weighted by molar-refractivity contribution is 5.76. The molecule has 0 spiro atoms. The molecule has 1 aromatic rings. The lowest BCUT2D eigenvalue weighted by Gasteiger charge is -2.35. The molecule has 3 saturated carbocycles. The van der Waals surface area contributed by atoms with Crippen molar-refractivity contribution in [3.8, 4) is 0 Å². The summed E-state index contributed by atoms with van der Waals surface area (Å²) in [5.74, 6) is 2.71. The van der Waals surface area contributed by atoms with E-state index in [4.69, 9.17) is 9.94 Å². The van der Waals surface area contributed by atoms with Crippen LogP contribution in [0.2, 0.25) is 0 Å². The Balaban J connectivity index is 0.967. The van der Waals surface area contributed by atoms with Gasteiger partial charge in [0.1, 0.15) is 12.1 Å². The third kappa shape index (κ3) is 8.96. The van der Waals surface area contributed by atoms with Gasteiger partial charge in [0.05, 0.1) is 5.70 Å². The van der Waals surface area contributed by atoms with Crippen LogP contribution in [0.1, 0.15) is 102 Å². The van der Waals surface area contributed by atoms with Gasteiger partial charge in [-0.05, 0) is 138 Å². The lowest BCUT2D eigenvalue weighted by Crippen LogP contribution is -2.47. The molecule has 1 heterocycles. The van der Waals surface area contributed by atoms with Crippen LogP contribution in [0.5, 0.6) is 0 Å². The molecule has 0 bridgehead atoms. The third-order valence-corrected chi connectivity index (χ3v) is 10.7. The number of hydrogen-bond acceptors (Lipinski definition) is 7. The first-order valence-corrected chi connectivity index (χ1v) is 17.2. The van der Waals surface area contributed by atoms with Crippen LogP contribution in [0, 0.1) is 23.7 Å². The van der Waals surface area contributed by atoms with Gasteiger partial charge in [0.25, 0.3) is 0 Å². The second kappa shape index (κ2) is 16.1. The smallest absolute Gasteiger partial charge is 0.323 e. The summed E-state index contributed by atoms with van der Waals surface area (Å²) in [6.07, 6.45) is 18.4. The van der Waals surface area contributed by atoms with Gasteiger partial charge in [-0.25, -0.2) is 0 Å². The minimum absolute atomic E-state index is 0.0392. The normalized spacial score (nSPS) is 25.3. The van der Waals surface area contributed by atoms with Crippen molar-refractivity contribution in [3.05, 3.63) is 36.4 Å². The molecule has 1 aromatic carbocycles. The summed E-state index contributed by atoms with van der Waals surface area (Å²) >= 11 is 0. The molecule has 0 amide bonds. The predicted octanol–water partition coefficient (Wildman–Crippen LogP) is 6.27. The number of rotatable bonds is 13. The summed E-state index contributed by atoms with van der Waals surface area (Å²) in [6.45, 7) is 9.24. The molecule has 1 aliphatic heterocycles. The maximum atomic E-state index is 13.2. The van der Waals surface area contributed by atoms with Gasteiger partial charge < -0.3 is 20.3 Å². The summed E-state index contributed by atoms with van der Waals surface area (Å²) in [5, 5.41) is 16.6. The van der Waals surface area contributed by atoms with Gasteiger partial charge in [-0.3, -0.25) is 15.5 Å². The van der Waals surface area contributed by atoms with E-state index in [2.05, 4.69) is 39.7 Å². The zero-order chi connectivity index (χ0) is 29.1. The van der Waals surface area contributed by atoms with E-state index in [1.807, 2.05) is 12.1 Å². The molecule has 1 atom stereocenters. The molecule has 4 N–H and O–H groups in total.